The van der Waals surface area contributed by atoms with Crippen LogP contribution in [0.1, 0.15) is 16.9 Å². The molecule has 3 rings (SSSR count). The van der Waals surface area contributed by atoms with E-state index in [0.29, 0.717) is 12.4 Å². The Morgan fingerprint density at radius 1 is 1.50 bits per heavy atom. The van der Waals surface area contributed by atoms with Crippen LogP contribution in [0.3, 0.4) is 0 Å². The van der Waals surface area contributed by atoms with Gasteiger partial charge in [0.25, 0.3) is 5.89 Å². The lowest BCUT2D eigenvalue weighted by Gasteiger charge is -2.29. The van der Waals surface area contributed by atoms with Gasteiger partial charge in [-0.1, -0.05) is 5.16 Å². The SMILES string of the molecule is CN1CCSCC1c1noc(-c2csc(CCN)n2)n1. The number of nitrogens with two attached hydrogens (primary N) is 1. The van der Waals surface area contributed by atoms with Gasteiger partial charge in [0.1, 0.15) is 5.69 Å². The first-order valence-corrected chi connectivity index (χ1v) is 8.58. The largest absolute Gasteiger partial charge is 0.332 e. The summed E-state index contributed by atoms with van der Waals surface area (Å²) in [4.78, 5) is 11.2. The molecule has 0 saturated carbocycles. The number of hydrogen-bond acceptors (Lipinski definition) is 8. The number of hydrogen-bond donors (Lipinski definition) is 1. The van der Waals surface area contributed by atoms with E-state index in [4.69, 9.17) is 10.3 Å². The molecule has 8 heteroatoms. The van der Waals surface area contributed by atoms with Crippen LogP contribution in [0.2, 0.25) is 0 Å². The number of thioether (sulfide) groups is 1. The van der Waals surface area contributed by atoms with Crippen LogP contribution in [-0.4, -0.2) is 51.7 Å². The van der Waals surface area contributed by atoms with Crippen molar-refractivity contribution in [2.45, 2.75) is 12.5 Å². The van der Waals surface area contributed by atoms with Crippen molar-refractivity contribution in [3.63, 3.8) is 0 Å². The number of nitrogens with zero attached hydrogens (tertiary/aromatic N) is 4. The van der Waals surface area contributed by atoms with Crippen molar-refractivity contribution in [3.05, 3.63) is 16.2 Å². The van der Waals surface area contributed by atoms with E-state index in [2.05, 4.69) is 27.1 Å². The highest BCUT2D eigenvalue weighted by molar-refractivity contribution is 7.99. The molecular weight excluding hydrogens is 294 g/mol. The second-order valence-corrected chi connectivity index (χ2v) is 6.79. The summed E-state index contributed by atoms with van der Waals surface area (Å²) >= 11 is 3.51. The molecule has 1 unspecified atom stereocenters. The highest BCUT2D eigenvalue weighted by atomic mass is 32.2. The van der Waals surface area contributed by atoms with Crippen LogP contribution in [0.15, 0.2) is 9.90 Å². The van der Waals surface area contributed by atoms with Crippen LogP contribution in [-0.2, 0) is 6.42 Å². The smallest absolute Gasteiger partial charge is 0.277 e. The molecule has 0 bridgehead atoms. The fourth-order valence-electron chi connectivity index (χ4n) is 2.08. The summed E-state index contributed by atoms with van der Waals surface area (Å²) in [5.41, 5.74) is 6.29. The number of thiazole rings is 1. The second-order valence-electron chi connectivity index (χ2n) is 4.69. The summed E-state index contributed by atoms with van der Waals surface area (Å²) in [5.74, 6) is 3.42. The molecule has 1 atom stereocenters. The van der Waals surface area contributed by atoms with Gasteiger partial charge in [-0.15, -0.1) is 11.3 Å². The number of rotatable bonds is 4. The molecule has 1 saturated heterocycles. The average molecular weight is 311 g/mol. The van der Waals surface area contributed by atoms with E-state index in [1.54, 1.807) is 11.3 Å². The van der Waals surface area contributed by atoms with Crippen molar-refractivity contribution in [2.24, 2.45) is 5.73 Å². The van der Waals surface area contributed by atoms with Crippen molar-refractivity contribution in [3.8, 4) is 11.6 Å². The van der Waals surface area contributed by atoms with Gasteiger partial charge in [0.05, 0.1) is 11.0 Å². The average Bonchev–Trinajstić information content (AvgIpc) is 3.08. The summed E-state index contributed by atoms with van der Waals surface area (Å²) in [7, 11) is 2.10. The molecule has 2 N–H and O–H groups in total. The molecule has 0 aromatic carbocycles. The summed E-state index contributed by atoms with van der Waals surface area (Å²) in [5, 5.41) is 7.07. The molecule has 0 spiro atoms. The van der Waals surface area contributed by atoms with Crippen LogP contribution in [0.25, 0.3) is 11.6 Å². The fourth-order valence-corrected chi connectivity index (χ4v) is 4.08. The standard InChI is InChI=1S/C12H17N5OS2/c1-17-4-5-19-7-9(17)11-15-12(18-16-11)8-6-20-10(14-8)2-3-13/h6,9H,2-5,7,13H2,1H3. The molecule has 20 heavy (non-hydrogen) atoms. The molecule has 0 amide bonds. The van der Waals surface area contributed by atoms with Gasteiger partial charge >= 0.3 is 0 Å². The fraction of sp³-hybridized carbons (Fsp3) is 0.583. The third kappa shape index (κ3) is 2.88. The Kier molecular flexibility index (Phi) is 4.35. The lowest BCUT2D eigenvalue weighted by Crippen LogP contribution is -2.33. The van der Waals surface area contributed by atoms with Crippen molar-refractivity contribution in [1.82, 2.24) is 20.0 Å². The molecule has 3 heterocycles. The quantitative estimate of drug-likeness (QED) is 0.914. The predicted molar refractivity (Wildman–Crippen MR) is 80.9 cm³/mol. The predicted octanol–water partition coefficient (Wildman–Crippen LogP) is 1.41. The van der Waals surface area contributed by atoms with E-state index in [1.165, 1.54) is 0 Å². The molecule has 0 radical (unpaired) electrons. The summed E-state index contributed by atoms with van der Waals surface area (Å²) < 4.78 is 5.36. The summed E-state index contributed by atoms with van der Waals surface area (Å²) in [6.45, 7) is 1.66. The monoisotopic (exact) mass is 311 g/mol. The van der Waals surface area contributed by atoms with Gasteiger partial charge in [0, 0.05) is 29.9 Å². The van der Waals surface area contributed by atoms with Gasteiger partial charge in [0.2, 0.25) is 0 Å². The molecule has 1 aliphatic heterocycles. The van der Waals surface area contributed by atoms with Crippen molar-refractivity contribution in [1.29, 1.82) is 0 Å². The van der Waals surface area contributed by atoms with E-state index in [9.17, 15) is 0 Å². The van der Waals surface area contributed by atoms with Crippen LogP contribution in [0.5, 0.6) is 0 Å². The Labute approximate surface area is 125 Å². The minimum Gasteiger partial charge on any atom is -0.332 e. The zero-order valence-electron chi connectivity index (χ0n) is 11.3. The molecule has 2 aromatic heterocycles. The Hall–Kier alpha value is -0.960. The highest BCUT2D eigenvalue weighted by Crippen LogP contribution is 2.28. The minimum atomic E-state index is 0.230. The lowest BCUT2D eigenvalue weighted by molar-refractivity contribution is 0.257. The first-order valence-electron chi connectivity index (χ1n) is 6.54. The maximum absolute atomic E-state index is 5.53. The topological polar surface area (TPSA) is 81.1 Å². The van der Waals surface area contributed by atoms with Crippen LogP contribution >= 0.6 is 23.1 Å². The normalized spacial score (nSPS) is 20.4. The van der Waals surface area contributed by atoms with E-state index in [-0.39, 0.29) is 6.04 Å². The molecule has 6 nitrogen and oxygen atoms in total. The summed E-state index contributed by atoms with van der Waals surface area (Å²) in [6, 6.07) is 0.230. The highest BCUT2D eigenvalue weighted by Gasteiger charge is 2.26. The van der Waals surface area contributed by atoms with Crippen molar-refractivity contribution >= 4 is 23.1 Å². The third-order valence-electron chi connectivity index (χ3n) is 3.26. The zero-order chi connectivity index (χ0) is 13.9. The molecule has 108 valence electrons. The summed E-state index contributed by atoms with van der Waals surface area (Å²) in [6.07, 6.45) is 0.785. The van der Waals surface area contributed by atoms with Crippen LogP contribution in [0.4, 0.5) is 0 Å². The molecule has 1 aliphatic rings. The van der Waals surface area contributed by atoms with Gasteiger partial charge in [-0.05, 0) is 13.6 Å². The lowest BCUT2D eigenvalue weighted by atomic mass is 10.3. The maximum Gasteiger partial charge on any atom is 0.277 e. The Balaban J connectivity index is 1.78. The second kappa shape index (κ2) is 6.21. The molecular formula is C12H17N5OS2. The minimum absolute atomic E-state index is 0.230. The van der Waals surface area contributed by atoms with Gasteiger partial charge in [-0.3, -0.25) is 4.90 Å². The molecule has 2 aromatic rings. The van der Waals surface area contributed by atoms with E-state index in [1.807, 2.05) is 17.1 Å². The van der Waals surface area contributed by atoms with Crippen molar-refractivity contribution in [2.75, 3.05) is 31.6 Å². The Bertz CT molecular complexity index is 570. The van der Waals surface area contributed by atoms with E-state index >= 15 is 0 Å². The molecule has 0 aliphatic carbocycles. The van der Waals surface area contributed by atoms with E-state index < -0.39 is 0 Å². The first-order chi connectivity index (χ1) is 9.78. The van der Waals surface area contributed by atoms with Crippen molar-refractivity contribution < 1.29 is 4.52 Å². The first kappa shape index (κ1) is 14.0. The number of aromatic nitrogens is 3. The van der Waals surface area contributed by atoms with Gasteiger partial charge in [-0.2, -0.15) is 16.7 Å². The van der Waals surface area contributed by atoms with E-state index in [0.717, 1.165) is 41.0 Å². The van der Waals surface area contributed by atoms with Gasteiger partial charge < -0.3 is 10.3 Å². The van der Waals surface area contributed by atoms with Crippen LogP contribution < -0.4 is 5.73 Å². The van der Waals surface area contributed by atoms with Gasteiger partial charge in [0.15, 0.2) is 5.82 Å². The third-order valence-corrected chi connectivity index (χ3v) is 5.20. The van der Waals surface area contributed by atoms with Crippen LogP contribution in [0, 0.1) is 0 Å². The molecule has 1 fully saturated rings. The Morgan fingerprint density at radius 2 is 2.40 bits per heavy atom. The maximum atomic E-state index is 5.53. The zero-order valence-corrected chi connectivity index (χ0v) is 12.9. The van der Waals surface area contributed by atoms with Gasteiger partial charge in [-0.25, -0.2) is 4.98 Å². The Morgan fingerprint density at radius 3 is 3.20 bits per heavy atom.